The van der Waals surface area contributed by atoms with Gasteiger partial charge < -0.3 is 0 Å². The lowest BCUT2D eigenvalue weighted by Gasteiger charge is -2.03. The minimum Gasteiger partial charge on any atom is -0.282 e. The Morgan fingerprint density at radius 1 is 1.06 bits per heavy atom. The number of hydrogen-bond acceptors (Lipinski definition) is 2. The third-order valence-electron chi connectivity index (χ3n) is 2.82. The van der Waals surface area contributed by atoms with Crippen molar-refractivity contribution in [3.63, 3.8) is 0 Å². The monoisotopic (exact) mass is 227 g/mol. The summed E-state index contributed by atoms with van der Waals surface area (Å²) in [5.74, 6) is 1.16. The van der Waals surface area contributed by atoms with Crippen LogP contribution in [-0.4, -0.2) is 17.3 Å². The van der Waals surface area contributed by atoms with Crippen molar-refractivity contribution in [2.24, 2.45) is 4.99 Å². The molecule has 1 aliphatic heterocycles. The van der Waals surface area contributed by atoms with Crippen molar-refractivity contribution in [3.05, 3.63) is 48.0 Å². The molecule has 0 saturated heterocycles. The molecule has 2 heteroatoms. The van der Waals surface area contributed by atoms with Gasteiger partial charge in [0.25, 0.3) is 0 Å². The Hall–Kier alpha value is -1.28. The third-order valence-corrected chi connectivity index (χ3v) is 3.81. The predicted molar refractivity (Wildman–Crippen MR) is 72.4 cm³/mol. The van der Waals surface area contributed by atoms with E-state index in [-0.39, 0.29) is 0 Å². The van der Waals surface area contributed by atoms with Crippen LogP contribution < -0.4 is 0 Å². The predicted octanol–water partition coefficient (Wildman–Crippen LogP) is 3.53. The van der Waals surface area contributed by atoms with Crippen molar-refractivity contribution in [2.75, 3.05) is 12.3 Å². The zero-order valence-electron chi connectivity index (χ0n) is 9.02. The van der Waals surface area contributed by atoms with E-state index in [4.69, 9.17) is 0 Å². The highest BCUT2D eigenvalue weighted by molar-refractivity contribution is 8.14. The number of aliphatic imine (C=N–C) groups is 1. The van der Waals surface area contributed by atoms with Gasteiger partial charge in [-0.25, -0.2) is 0 Å². The highest BCUT2D eigenvalue weighted by atomic mass is 32.2. The molecule has 0 aromatic heterocycles. The van der Waals surface area contributed by atoms with E-state index in [1.165, 1.54) is 21.4 Å². The lowest BCUT2D eigenvalue weighted by Crippen LogP contribution is -1.94. The topological polar surface area (TPSA) is 12.4 Å². The first-order valence-electron chi connectivity index (χ1n) is 5.56. The molecule has 0 saturated carbocycles. The molecule has 80 valence electrons. The Kier molecular flexibility index (Phi) is 2.66. The van der Waals surface area contributed by atoms with E-state index in [2.05, 4.69) is 47.5 Å². The largest absolute Gasteiger partial charge is 0.282 e. The Morgan fingerprint density at radius 3 is 2.75 bits per heavy atom. The maximum absolute atomic E-state index is 4.49. The minimum atomic E-state index is 0.994. The van der Waals surface area contributed by atoms with Gasteiger partial charge in [0.15, 0.2) is 0 Å². The van der Waals surface area contributed by atoms with Crippen LogP contribution >= 0.6 is 11.8 Å². The molecular formula is C14H13NS. The summed E-state index contributed by atoms with van der Waals surface area (Å²) >= 11 is 1.89. The molecule has 0 radical (unpaired) electrons. The molecule has 1 aliphatic rings. The van der Waals surface area contributed by atoms with Crippen LogP contribution in [0.25, 0.3) is 10.8 Å². The number of rotatable bonds is 2. The molecule has 16 heavy (non-hydrogen) atoms. The van der Waals surface area contributed by atoms with Gasteiger partial charge in [-0.2, -0.15) is 0 Å². The zero-order valence-corrected chi connectivity index (χ0v) is 9.83. The molecule has 0 spiro atoms. The van der Waals surface area contributed by atoms with Crippen LogP contribution in [0.1, 0.15) is 5.56 Å². The van der Waals surface area contributed by atoms with Crippen molar-refractivity contribution >= 4 is 27.6 Å². The summed E-state index contributed by atoms with van der Waals surface area (Å²) in [6.07, 6.45) is 0.996. The SMILES string of the molecule is c1ccc2cc(CC3=NCCS3)ccc2c1. The lowest BCUT2D eigenvalue weighted by molar-refractivity contribution is 1.16. The highest BCUT2D eigenvalue weighted by Gasteiger charge is 2.07. The number of thioether (sulfide) groups is 1. The Balaban J connectivity index is 1.92. The minimum absolute atomic E-state index is 0.994. The molecule has 0 amide bonds. The maximum Gasteiger partial charge on any atom is 0.0720 e. The van der Waals surface area contributed by atoms with Gasteiger partial charge in [0.05, 0.1) is 5.04 Å². The highest BCUT2D eigenvalue weighted by Crippen LogP contribution is 2.20. The van der Waals surface area contributed by atoms with E-state index in [0.29, 0.717) is 0 Å². The molecule has 2 aromatic carbocycles. The molecule has 3 rings (SSSR count). The Bertz CT molecular complexity index is 545. The van der Waals surface area contributed by atoms with Crippen LogP contribution in [-0.2, 0) is 6.42 Å². The summed E-state index contributed by atoms with van der Waals surface area (Å²) < 4.78 is 0. The molecule has 1 heterocycles. The lowest BCUT2D eigenvalue weighted by atomic mass is 10.1. The van der Waals surface area contributed by atoms with Gasteiger partial charge in [0, 0.05) is 18.7 Å². The fourth-order valence-corrected chi connectivity index (χ4v) is 2.88. The van der Waals surface area contributed by atoms with E-state index >= 15 is 0 Å². The van der Waals surface area contributed by atoms with Gasteiger partial charge in [-0.15, -0.1) is 11.8 Å². The second-order valence-corrected chi connectivity index (χ2v) is 5.15. The van der Waals surface area contributed by atoms with E-state index in [1.807, 2.05) is 11.8 Å². The molecule has 0 N–H and O–H groups in total. The second kappa shape index (κ2) is 4.30. The number of fused-ring (bicyclic) bond motifs is 1. The first-order valence-corrected chi connectivity index (χ1v) is 6.54. The van der Waals surface area contributed by atoms with Gasteiger partial charge in [-0.05, 0) is 16.3 Å². The standard InChI is InChI=1S/C14H13NS/c1-2-4-13-9-11(5-6-12(13)3-1)10-14-15-7-8-16-14/h1-6,9H,7-8,10H2. The first kappa shape index (κ1) is 9.91. The van der Waals surface area contributed by atoms with Gasteiger partial charge >= 0.3 is 0 Å². The van der Waals surface area contributed by atoms with Gasteiger partial charge in [0.2, 0.25) is 0 Å². The van der Waals surface area contributed by atoms with Gasteiger partial charge in [0.1, 0.15) is 0 Å². The van der Waals surface area contributed by atoms with E-state index in [9.17, 15) is 0 Å². The molecular weight excluding hydrogens is 214 g/mol. The van der Waals surface area contributed by atoms with Crippen molar-refractivity contribution in [2.45, 2.75) is 6.42 Å². The number of nitrogens with zero attached hydrogens (tertiary/aromatic N) is 1. The van der Waals surface area contributed by atoms with Crippen molar-refractivity contribution in [1.29, 1.82) is 0 Å². The summed E-state index contributed by atoms with van der Waals surface area (Å²) in [5, 5.41) is 3.92. The number of hydrogen-bond donors (Lipinski definition) is 0. The fourth-order valence-electron chi connectivity index (χ4n) is 2.01. The summed E-state index contributed by atoms with van der Waals surface area (Å²) in [6, 6.07) is 15.2. The van der Waals surface area contributed by atoms with E-state index in [0.717, 1.165) is 18.7 Å². The van der Waals surface area contributed by atoms with Crippen LogP contribution in [0, 0.1) is 0 Å². The molecule has 0 unspecified atom stereocenters. The van der Waals surface area contributed by atoms with Gasteiger partial charge in [-0.1, -0.05) is 42.5 Å². The zero-order chi connectivity index (χ0) is 10.8. The van der Waals surface area contributed by atoms with Crippen LogP contribution in [0.2, 0.25) is 0 Å². The third kappa shape index (κ3) is 1.98. The van der Waals surface area contributed by atoms with Crippen LogP contribution in [0.4, 0.5) is 0 Å². The summed E-state index contributed by atoms with van der Waals surface area (Å²) in [4.78, 5) is 4.49. The van der Waals surface area contributed by atoms with Crippen molar-refractivity contribution < 1.29 is 0 Å². The number of benzene rings is 2. The quantitative estimate of drug-likeness (QED) is 0.764. The van der Waals surface area contributed by atoms with Crippen LogP contribution in [0.5, 0.6) is 0 Å². The summed E-state index contributed by atoms with van der Waals surface area (Å²) in [7, 11) is 0. The first-order chi connectivity index (χ1) is 7.92. The summed E-state index contributed by atoms with van der Waals surface area (Å²) in [6.45, 7) is 0.994. The molecule has 1 nitrogen and oxygen atoms in total. The maximum atomic E-state index is 4.49. The molecule has 2 aromatic rings. The van der Waals surface area contributed by atoms with Crippen LogP contribution in [0.15, 0.2) is 47.5 Å². The Morgan fingerprint density at radius 2 is 1.94 bits per heavy atom. The molecule has 0 bridgehead atoms. The van der Waals surface area contributed by atoms with Gasteiger partial charge in [-0.3, -0.25) is 4.99 Å². The van der Waals surface area contributed by atoms with Crippen molar-refractivity contribution in [1.82, 2.24) is 0 Å². The Labute approximate surface area is 99.6 Å². The molecule has 0 fully saturated rings. The van der Waals surface area contributed by atoms with Crippen molar-refractivity contribution in [3.8, 4) is 0 Å². The molecule has 0 atom stereocenters. The molecule has 0 aliphatic carbocycles. The van der Waals surface area contributed by atoms with Crippen LogP contribution in [0.3, 0.4) is 0 Å². The average Bonchev–Trinajstić information content (AvgIpc) is 2.82. The van der Waals surface area contributed by atoms with E-state index in [1.54, 1.807) is 0 Å². The van der Waals surface area contributed by atoms with E-state index < -0.39 is 0 Å². The normalized spacial score (nSPS) is 15.4. The smallest absolute Gasteiger partial charge is 0.0720 e. The fraction of sp³-hybridized carbons (Fsp3) is 0.214. The second-order valence-electron chi connectivity index (χ2n) is 3.98. The summed E-state index contributed by atoms with van der Waals surface area (Å²) in [5.41, 5.74) is 1.37. The average molecular weight is 227 g/mol.